The van der Waals surface area contributed by atoms with E-state index in [2.05, 4.69) is 4.98 Å². The molecule has 9 heteroatoms. The van der Waals surface area contributed by atoms with Crippen LogP contribution in [0, 0.1) is 0 Å². The Balaban J connectivity index is 1.63. The fraction of sp³-hybridized carbons (Fsp3) is 0.125. The molecule has 0 saturated heterocycles. The average Bonchev–Trinajstić information content (AvgIpc) is 3.48. The Hall–Kier alpha value is -3.62. The van der Waals surface area contributed by atoms with Crippen LogP contribution in [0.5, 0.6) is 11.5 Å². The Kier molecular flexibility index (Phi) is 5.62. The molecule has 0 aliphatic carbocycles. The fourth-order valence-corrected chi connectivity index (χ4v) is 4.79. The van der Waals surface area contributed by atoms with E-state index in [0.717, 1.165) is 10.1 Å². The normalized spacial score (nSPS) is 11.1. The van der Waals surface area contributed by atoms with Crippen molar-refractivity contribution in [2.24, 2.45) is 0 Å². The quantitative estimate of drug-likeness (QED) is 0.299. The number of ether oxygens (including phenoxy) is 2. The van der Waals surface area contributed by atoms with E-state index in [0.29, 0.717) is 38.4 Å². The number of nitrogens with zero attached hydrogens (tertiary/aromatic N) is 3. The number of thiazole rings is 1. The van der Waals surface area contributed by atoms with Gasteiger partial charge in [0.1, 0.15) is 11.3 Å². The SMILES string of the molecule is COc1ccc(Cl)c2sc(N(Cc3ccccn3)C(=O)c3cc4cccc(OC)c4o3)nc12. The first-order valence-corrected chi connectivity index (χ1v) is 11.2. The van der Waals surface area contributed by atoms with Crippen LogP contribution in [-0.4, -0.2) is 30.1 Å². The molecule has 0 aliphatic rings. The number of anilines is 1. The van der Waals surface area contributed by atoms with Gasteiger partial charge in [0.05, 0.1) is 36.2 Å². The number of methoxy groups -OCH3 is 2. The number of carbonyl (C=O) groups is 1. The van der Waals surface area contributed by atoms with Crippen LogP contribution >= 0.6 is 22.9 Å². The van der Waals surface area contributed by atoms with Gasteiger partial charge in [-0.25, -0.2) is 4.98 Å². The molecule has 0 fully saturated rings. The van der Waals surface area contributed by atoms with Crippen LogP contribution in [-0.2, 0) is 6.54 Å². The van der Waals surface area contributed by atoms with Crippen molar-refractivity contribution < 1.29 is 18.7 Å². The number of fused-ring (bicyclic) bond motifs is 2. The van der Waals surface area contributed by atoms with Crippen molar-refractivity contribution in [3.8, 4) is 11.5 Å². The number of carbonyl (C=O) groups excluding carboxylic acids is 1. The summed E-state index contributed by atoms with van der Waals surface area (Å²) >= 11 is 7.72. The number of halogens is 1. The summed E-state index contributed by atoms with van der Waals surface area (Å²) in [6.07, 6.45) is 1.68. The van der Waals surface area contributed by atoms with E-state index in [-0.39, 0.29) is 18.2 Å². The predicted octanol–water partition coefficient (Wildman–Crippen LogP) is 5.96. The molecule has 0 N–H and O–H groups in total. The lowest BCUT2D eigenvalue weighted by molar-refractivity contribution is 0.0960. The van der Waals surface area contributed by atoms with Gasteiger partial charge in [-0.05, 0) is 36.4 Å². The third-order valence-electron chi connectivity index (χ3n) is 5.13. The molecule has 0 spiro atoms. The van der Waals surface area contributed by atoms with Crippen LogP contribution in [0.4, 0.5) is 5.13 Å². The molecule has 0 saturated carbocycles. The molecule has 5 rings (SSSR count). The topological polar surface area (TPSA) is 77.7 Å². The number of para-hydroxylation sites is 1. The summed E-state index contributed by atoms with van der Waals surface area (Å²) in [6, 6.07) is 16.2. The number of pyridine rings is 1. The monoisotopic (exact) mass is 479 g/mol. The van der Waals surface area contributed by atoms with Crippen molar-refractivity contribution in [3.63, 3.8) is 0 Å². The maximum absolute atomic E-state index is 13.7. The Morgan fingerprint density at radius 2 is 1.94 bits per heavy atom. The molecular weight excluding hydrogens is 462 g/mol. The lowest BCUT2D eigenvalue weighted by Crippen LogP contribution is -2.30. The van der Waals surface area contributed by atoms with Gasteiger partial charge in [-0.2, -0.15) is 0 Å². The van der Waals surface area contributed by atoms with Gasteiger partial charge in [0.2, 0.25) is 0 Å². The molecule has 0 unspecified atom stereocenters. The van der Waals surface area contributed by atoms with Crippen molar-refractivity contribution in [1.82, 2.24) is 9.97 Å². The molecule has 3 aromatic heterocycles. The smallest absolute Gasteiger partial charge is 0.296 e. The zero-order chi connectivity index (χ0) is 22.9. The van der Waals surface area contributed by atoms with Gasteiger partial charge in [-0.15, -0.1) is 0 Å². The molecule has 33 heavy (non-hydrogen) atoms. The number of hydrogen-bond donors (Lipinski definition) is 0. The van der Waals surface area contributed by atoms with Crippen molar-refractivity contribution >= 4 is 55.2 Å². The van der Waals surface area contributed by atoms with Gasteiger partial charge in [-0.3, -0.25) is 14.7 Å². The summed E-state index contributed by atoms with van der Waals surface area (Å²) in [5.41, 5.74) is 1.81. The highest BCUT2D eigenvalue weighted by Crippen LogP contribution is 2.40. The van der Waals surface area contributed by atoms with E-state index in [9.17, 15) is 4.79 Å². The third-order valence-corrected chi connectivity index (χ3v) is 6.67. The van der Waals surface area contributed by atoms with Crippen molar-refractivity contribution in [3.05, 3.63) is 77.3 Å². The fourth-order valence-electron chi connectivity index (χ4n) is 3.54. The minimum absolute atomic E-state index is 0.169. The van der Waals surface area contributed by atoms with Gasteiger partial charge < -0.3 is 13.9 Å². The van der Waals surface area contributed by atoms with E-state index in [1.165, 1.54) is 16.2 Å². The number of amides is 1. The molecule has 0 bridgehead atoms. The summed E-state index contributed by atoms with van der Waals surface area (Å²) < 4.78 is 17.5. The third kappa shape index (κ3) is 3.88. The Bertz CT molecular complexity index is 1470. The van der Waals surface area contributed by atoms with Crippen LogP contribution in [0.2, 0.25) is 5.02 Å². The van der Waals surface area contributed by atoms with Gasteiger partial charge in [-0.1, -0.05) is 41.1 Å². The number of furan rings is 1. The molecule has 1 amide bonds. The highest BCUT2D eigenvalue weighted by atomic mass is 35.5. The summed E-state index contributed by atoms with van der Waals surface area (Å²) in [6.45, 7) is 0.202. The van der Waals surface area contributed by atoms with Crippen molar-refractivity contribution in [2.45, 2.75) is 6.54 Å². The number of hydrogen-bond acceptors (Lipinski definition) is 7. The summed E-state index contributed by atoms with van der Waals surface area (Å²) in [4.78, 5) is 24.3. The molecule has 7 nitrogen and oxygen atoms in total. The second kappa shape index (κ2) is 8.73. The van der Waals surface area contributed by atoms with Gasteiger partial charge >= 0.3 is 0 Å². The van der Waals surface area contributed by atoms with E-state index in [4.69, 9.17) is 30.5 Å². The van der Waals surface area contributed by atoms with E-state index < -0.39 is 0 Å². The molecule has 2 aromatic carbocycles. The van der Waals surface area contributed by atoms with Crippen LogP contribution in [0.25, 0.3) is 21.2 Å². The first kappa shape index (κ1) is 21.2. The summed E-state index contributed by atoms with van der Waals surface area (Å²) in [7, 11) is 3.13. The van der Waals surface area contributed by atoms with Gasteiger partial charge in [0.25, 0.3) is 5.91 Å². The highest BCUT2D eigenvalue weighted by molar-refractivity contribution is 7.23. The van der Waals surface area contributed by atoms with Crippen LogP contribution in [0.3, 0.4) is 0 Å². The van der Waals surface area contributed by atoms with Crippen LogP contribution < -0.4 is 14.4 Å². The Morgan fingerprint density at radius 3 is 2.70 bits per heavy atom. The lowest BCUT2D eigenvalue weighted by Gasteiger charge is -2.18. The molecule has 3 heterocycles. The maximum Gasteiger partial charge on any atom is 0.296 e. The van der Waals surface area contributed by atoms with Crippen molar-refractivity contribution in [1.29, 1.82) is 0 Å². The molecule has 0 aliphatic heterocycles. The van der Waals surface area contributed by atoms with Crippen LogP contribution in [0.15, 0.2) is 65.2 Å². The molecule has 0 atom stereocenters. The van der Waals surface area contributed by atoms with E-state index in [1.807, 2.05) is 30.3 Å². The zero-order valence-electron chi connectivity index (χ0n) is 17.7. The molecule has 0 radical (unpaired) electrons. The Morgan fingerprint density at radius 1 is 1.09 bits per heavy atom. The molecular formula is C24H18ClN3O4S. The standard InChI is InChI=1S/C24H18ClN3O4S/c1-30-17-10-9-16(25)22-20(17)27-24(33-22)28(13-15-7-3-4-11-26-15)23(29)19-12-14-6-5-8-18(31-2)21(14)32-19/h3-12H,13H2,1-2H3. The molecule has 166 valence electrons. The first-order valence-electron chi connectivity index (χ1n) is 10.0. The van der Waals surface area contributed by atoms with E-state index >= 15 is 0 Å². The van der Waals surface area contributed by atoms with E-state index in [1.54, 1.807) is 44.7 Å². The van der Waals surface area contributed by atoms with Crippen LogP contribution in [0.1, 0.15) is 16.2 Å². The van der Waals surface area contributed by atoms with Crippen molar-refractivity contribution in [2.75, 3.05) is 19.1 Å². The minimum Gasteiger partial charge on any atom is -0.494 e. The van der Waals surface area contributed by atoms with Gasteiger partial charge in [0, 0.05) is 11.6 Å². The van der Waals surface area contributed by atoms with Gasteiger partial charge in [0.15, 0.2) is 22.2 Å². The number of aromatic nitrogens is 2. The number of rotatable bonds is 6. The second-order valence-corrected chi connectivity index (χ2v) is 8.51. The summed E-state index contributed by atoms with van der Waals surface area (Å²) in [5.74, 6) is 0.950. The largest absolute Gasteiger partial charge is 0.494 e. The Labute approximate surface area is 198 Å². The number of benzene rings is 2. The first-order chi connectivity index (χ1) is 16.1. The minimum atomic E-state index is -0.354. The summed E-state index contributed by atoms with van der Waals surface area (Å²) in [5, 5.41) is 1.76. The lowest BCUT2D eigenvalue weighted by atomic mass is 10.2. The highest BCUT2D eigenvalue weighted by Gasteiger charge is 2.27. The predicted molar refractivity (Wildman–Crippen MR) is 129 cm³/mol. The zero-order valence-corrected chi connectivity index (χ0v) is 19.3. The maximum atomic E-state index is 13.7. The molecule has 5 aromatic rings. The second-order valence-electron chi connectivity index (χ2n) is 7.13. The average molecular weight is 480 g/mol.